The van der Waals surface area contributed by atoms with E-state index in [1.807, 2.05) is 0 Å². The first-order valence-corrected chi connectivity index (χ1v) is 6.96. The van der Waals surface area contributed by atoms with Gasteiger partial charge < -0.3 is 10.0 Å². The van der Waals surface area contributed by atoms with E-state index < -0.39 is 17.2 Å². The lowest BCUT2D eigenvalue weighted by atomic mass is 9.82. The van der Waals surface area contributed by atoms with Gasteiger partial charge in [-0.15, -0.1) is 0 Å². The first-order chi connectivity index (χ1) is 9.06. The third-order valence-corrected chi connectivity index (χ3v) is 4.50. The second-order valence-corrected chi connectivity index (χ2v) is 5.94. The van der Waals surface area contributed by atoms with Crippen LogP contribution in [0.2, 0.25) is 0 Å². The first kappa shape index (κ1) is 13.0. The number of fused-ring (bicyclic) bond motifs is 1. The summed E-state index contributed by atoms with van der Waals surface area (Å²) in [6.45, 7) is 2.04. The Bertz CT molecular complexity index is 479. The van der Waals surface area contributed by atoms with Gasteiger partial charge in [0.2, 0.25) is 0 Å². The molecule has 1 aromatic rings. The fourth-order valence-corrected chi connectivity index (χ4v) is 3.50. The van der Waals surface area contributed by atoms with Gasteiger partial charge in [0.05, 0.1) is 5.60 Å². The van der Waals surface area contributed by atoms with Crippen molar-refractivity contribution in [3.63, 3.8) is 0 Å². The number of hydrogen-bond acceptors (Lipinski definition) is 2. The Morgan fingerprint density at radius 1 is 1.26 bits per heavy atom. The van der Waals surface area contributed by atoms with Crippen LogP contribution in [0.1, 0.15) is 31.2 Å². The lowest BCUT2D eigenvalue weighted by Gasteiger charge is -2.41. The van der Waals surface area contributed by atoms with Crippen LogP contribution in [0.4, 0.5) is 8.78 Å². The summed E-state index contributed by atoms with van der Waals surface area (Å²) in [5, 5.41) is 10.7. The second-order valence-electron chi connectivity index (χ2n) is 5.94. The zero-order chi connectivity index (χ0) is 13.5. The molecule has 2 atom stereocenters. The predicted octanol–water partition coefficient (Wildman–Crippen LogP) is 2.50. The molecule has 2 saturated heterocycles. The van der Waals surface area contributed by atoms with Crippen LogP contribution in [0.15, 0.2) is 18.2 Å². The number of benzene rings is 1. The summed E-state index contributed by atoms with van der Waals surface area (Å²) in [6, 6.07) is 4.37. The van der Waals surface area contributed by atoms with Crippen molar-refractivity contribution in [3.05, 3.63) is 35.4 Å². The lowest BCUT2D eigenvalue weighted by molar-refractivity contribution is -0.0354. The number of piperidine rings is 1. The van der Waals surface area contributed by atoms with E-state index in [-0.39, 0.29) is 0 Å². The maximum absolute atomic E-state index is 13.2. The summed E-state index contributed by atoms with van der Waals surface area (Å²) in [5.41, 5.74) is -0.0941. The third kappa shape index (κ3) is 2.65. The molecule has 104 valence electrons. The van der Waals surface area contributed by atoms with Crippen LogP contribution in [0, 0.1) is 11.6 Å². The first-order valence-electron chi connectivity index (χ1n) is 6.96. The molecule has 0 aromatic heterocycles. The van der Waals surface area contributed by atoms with Crippen molar-refractivity contribution in [2.24, 2.45) is 0 Å². The normalized spacial score (nSPS) is 31.4. The zero-order valence-electron chi connectivity index (χ0n) is 10.9. The topological polar surface area (TPSA) is 23.5 Å². The van der Waals surface area contributed by atoms with E-state index in [4.69, 9.17) is 0 Å². The van der Waals surface area contributed by atoms with Gasteiger partial charge in [0, 0.05) is 19.0 Å². The second kappa shape index (κ2) is 4.84. The van der Waals surface area contributed by atoms with E-state index in [1.165, 1.54) is 12.5 Å². The van der Waals surface area contributed by atoms with Gasteiger partial charge >= 0.3 is 0 Å². The largest absolute Gasteiger partial charge is 0.389 e. The Morgan fingerprint density at radius 2 is 2.11 bits per heavy atom. The Morgan fingerprint density at radius 3 is 2.89 bits per heavy atom. The van der Waals surface area contributed by atoms with Crippen molar-refractivity contribution >= 4 is 0 Å². The van der Waals surface area contributed by atoms with Crippen molar-refractivity contribution < 1.29 is 13.9 Å². The fourth-order valence-electron chi connectivity index (χ4n) is 3.50. The van der Waals surface area contributed by atoms with Crippen molar-refractivity contribution in [1.82, 2.24) is 4.90 Å². The Hall–Kier alpha value is -1.00. The minimum Gasteiger partial charge on any atom is -0.389 e. The van der Waals surface area contributed by atoms with Crippen LogP contribution in [0.25, 0.3) is 0 Å². The summed E-state index contributed by atoms with van der Waals surface area (Å²) >= 11 is 0. The molecular formula is C15H19F2NO. The molecule has 0 aliphatic carbocycles. The molecule has 2 nitrogen and oxygen atoms in total. The van der Waals surface area contributed by atoms with Gasteiger partial charge in [-0.05, 0) is 49.9 Å². The van der Waals surface area contributed by atoms with E-state index in [0.717, 1.165) is 32.0 Å². The highest BCUT2D eigenvalue weighted by Crippen LogP contribution is 2.35. The van der Waals surface area contributed by atoms with Crippen LogP contribution >= 0.6 is 0 Å². The summed E-state index contributed by atoms with van der Waals surface area (Å²) < 4.78 is 26.1. The average Bonchev–Trinajstić information content (AvgIpc) is 2.80. The van der Waals surface area contributed by atoms with E-state index in [0.29, 0.717) is 24.4 Å². The average molecular weight is 267 g/mol. The number of halogens is 2. The van der Waals surface area contributed by atoms with Crippen molar-refractivity contribution in [2.45, 2.75) is 43.7 Å². The summed E-state index contributed by atoms with van der Waals surface area (Å²) in [6.07, 6.45) is 4.20. The molecule has 0 amide bonds. The molecule has 2 heterocycles. The molecule has 2 unspecified atom stereocenters. The predicted molar refractivity (Wildman–Crippen MR) is 68.8 cm³/mol. The Labute approximate surface area is 112 Å². The minimum atomic E-state index is -0.834. The van der Waals surface area contributed by atoms with Crippen LogP contribution in [0.3, 0.4) is 0 Å². The monoisotopic (exact) mass is 267 g/mol. The molecule has 2 aliphatic rings. The summed E-state index contributed by atoms with van der Waals surface area (Å²) in [5.74, 6) is -1.67. The fraction of sp³-hybridized carbons (Fsp3) is 0.600. The quantitative estimate of drug-likeness (QED) is 0.890. The molecule has 4 heteroatoms. The smallest absolute Gasteiger partial charge is 0.159 e. The number of hydrogen-bond donors (Lipinski definition) is 1. The maximum Gasteiger partial charge on any atom is 0.159 e. The lowest BCUT2D eigenvalue weighted by Crippen LogP contribution is -2.48. The molecule has 19 heavy (non-hydrogen) atoms. The molecule has 1 N–H and O–H groups in total. The minimum absolute atomic E-state index is 0.411. The number of rotatable bonds is 2. The van der Waals surface area contributed by atoms with Gasteiger partial charge in [0.1, 0.15) is 0 Å². The molecule has 0 spiro atoms. The van der Waals surface area contributed by atoms with Crippen LogP contribution in [-0.2, 0) is 6.42 Å². The summed E-state index contributed by atoms with van der Waals surface area (Å²) in [7, 11) is 0. The van der Waals surface area contributed by atoms with Crippen molar-refractivity contribution in [1.29, 1.82) is 0 Å². The molecule has 1 aromatic carbocycles. The molecule has 3 rings (SSSR count). The van der Waals surface area contributed by atoms with Gasteiger partial charge in [0.25, 0.3) is 0 Å². The van der Waals surface area contributed by atoms with Gasteiger partial charge in [-0.2, -0.15) is 0 Å². The van der Waals surface area contributed by atoms with Gasteiger partial charge in [-0.3, -0.25) is 0 Å². The van der Waals surface area contributed by atoms with Crippen molar-refractivity contribution in [3.8, 4) is 0 Å². The van der Waals surface area contributed by atoms with E-state index in [1.54, 1.807) is 6.07 Å². The number of aliphatic hydroxyl groups is 1. The highest BCUT2D eigenvalue weighted by Gasteiger charge is 2.40. The Balaban J connectivity index is 1.72. The van der Waals surface area contributed by atoms with E-state index >= 15 is 0 Å². The molecule has 0 saturated carbocycles. The van der Waals surface area contributed by atoms with Crippen LogP contribution in [-0.4, -0.2) is 34.7 Å². The standard InChI is InChI=1S/C15H19F2NO/c16-13-4-3-11(8-14(13)17)9-15(19)5-7-18-6-1-2-12(18)10-15/h3-4,8,12,19H,1-2,5-7,9-10H2. The summed E-state index contributed by atoms with van der Waals surface area (Å²) in [4.78, 5) is 2.43. The van der Waals surface area contributed by atoms with E-state index in [2.05, 4.69) is 4.90 Å². The molecular weight excluding hydrogens is 248 g/mol. The highest BCUT2D eigenvalue weighted by atomic mass is 19.2. The van der Waals surface area contributed by atoms with Crippen LogP contribution in [0.5, 0.6) is 0 Å². The SMILES string of the molecule is OC1(Cc2ccc(F)c(F)c2)CCN2CCCC2C1. The maximum atomic E-state index is 13.2. The molecule has 0 bridgehead atoms. The van der Waals surface area contributed by atoms with E-state index in [9.17, 15) is 13.9 Å². The Kier molecular flexibility index (Phi) is 3.31. The molecule has 2 fully saturated rings. The zero-order valence-corrected chi connectivity index (χ0v) is 10.9. The molecule has 2 aliphatic heterocycles. The van der Waals surface area contributed by atoms with Gasteiger partial charge in [-0.1, -0.05) is 6.07 Å². The highest BCUT2D eigenvalue weighted by molar-refractivity contribution is 5.20. The molecule has 0 radical (unpaired) electrons. The number of nitrogens with zero attached hydrogens (tertiary/aromatic N) is 1. The van der Waals surface area contributed by atoms with Gasteiger partial charge in [-0.25, -0.2) is 8.78 Å². The van der Waals surface area contributed by atoms with Gasteiger partial charge in [0.15, 0.2) is 11.6 Å². The van der Waals surface area contributed by atoms with Crippen molar-refractivity contribution in [2.75, 3.05) is 13.1 Å². The third-order valence-electron chi connectivity index (χ3n) is 4.50. The van der Waals surface area contributed by atoms with Crippen LogP contribution < -0.4 is 0 Å².